The van der Waals surface area contributed by atoms with E-state index in [1.807, 2.05) is 0 Å². The highest BCUT2D eigenvalue weighted by atomic mass is 35.7. The van der Waals surface area contributed by atoms with E-state index in [-0.39, 0.29) is 11.0 Å². The topological polar surface area (TPSA) is 60.4 Å². The first-order chi connectivity index (χ1) is 9.38. The third kappa shape index (κ3) is 3.96. The summed E-state index contributed by atoms with van der Waals surface area (Å²) in [5.74, 6) is -0.448. The highest BCUT2D eigenvalue weighted by Crippen LogP contribution is 2.29. The Morgan fingerprint density at radius 1 is 1.30 bits per heavy atom. The number of carbonyl (C=O) groups excluding carboxylic acids is 1. The summed E-state index contributed by atoms with van der Waals surface area (Å²) in [6, 6.07) is 1.31. The average molecular weight is 337 g/mol. The number of carbonyl (C=O) groups is 1. The molecule has 0 radical (unpaired) electrons. The van der Waals surface area contributed by atoms with Crippen LogP contribution in [0.2, 0.25) is 0 Å². The summed E-state index contributed by atoms with van der Waals surface area (Å²) >= 11 is 1.10. The predicted octanol–water partition coefficient (Wildman–Crippen LogP) is 3.86. The fraction of sp³-hybridized carbons (Fsp3) is 0.615. The minimum atomic E-state index is -3.81. The molecule has 0 amide bonds. The fourth-order valence-electron chi connectivity index (χ4n) is 2.38. The van der Waals surface area contributed by atoms with Gasteiger partial charge in [0.25, 0.3) is 9.05 Å². The van der Waals surface area contributed by atoms with Crippen LogP contribution in [0.5, 0.6) is 0 Å². The monoisotopic (exact) mass is 336 g/mol. The third-order valence-electron chi connectivity index (χ3n) is 3.41. The van der Waals surface area contributed by atoms with Crippen molar-refractivity contribution in [3.63, 3.8) is 0 Å². The molecule has 1 aromatic heterocycles. The first-order valence-electron chi connectivity index (χ1n) is 6.64. The Morgan fingerprint density at radius 2 is 1.90 bits per heavy atom. The van der Waals surface area contributed by atoms with Crippen LogP contribution in [0.25, 0.3) is 0 Å². The fourth-order valence-corrected chi connectivity index (χ4v) is 4.92. The molecule has 1 saturated carbocycles. The van der Waals surface area contributed by atoms with Crippen molar-refractivity contribution in [2.45, 2.75) is 56.4 Å². The van der Waals surface area contributed by atoms with Crippen LogP contribution < -0.4 is 0 Å². The van der Waals surface area contributed by atoms with Crippen molar-refractivity contribution < 1.29 is 17.9 Å². The van der Waals surface area contributed by atoms with Gasteiger partial charge < -0.3 is 4.74 Å². The van der Waals surface area contributed by atoms with Crippen molar-refractivity contribution in [1.82, 2.24) is 0 Å². The molecule has 7 heteroatoms. The molecule has 20 heavy (non-hydrogen) atoms. The molecule has 0 saturated heterocycles. The van der Waals surface area contributed by atoms with E-state index < -0.39 is 15.0 Å². The van der Waals surface area contributed by atoms with Gasteiger partial charge in [0.1, 0.15) is 11.0 Å². The average Bonchev–Trinajstić information content (AvgIpc) is 2.58. The summed E-state index contributed by atoms with van der Waals surface area (Å²) < 4.78 is 28.2. The summed E-state index contributed by atoms with van der Waals surface area (Å²) in [6.45, 7) is 1.63. The second-order valence-corrected chi connectivity index (χ2v) is 8.78. The normalized spacial score (nSPS) is 17.7. The molecule has 112 valence electrons. The molecule has 0 N–H and O–H groups in total. The van der Waals surface area contributed by atoms with Crippen molar-refractivity contribution in [2.75, 3.05) is 0 Å². The minimum Gasteiger partial charge on any atom is -0.458 e. The van der Waals surface area contributed by atoms with Crippen LogP contribution in [-0.4, -0.2) is 20.5 Å². The second-order valence-electron chi connectivity index (χ2n) is 4.99. The molecule has 0 unspecified atom stereocenters. The summed E-state index contributed by atoms with van der Waals surface area (Å²) in [4.78, 5) is 12.9. The molecule has 1 aliphatic rings. The van der Waals surface area contributed by atoms with Crippen LogP contribution in [0.1, 0.15) is 53.1 Å². The van der Waals surface area contributed by atoms with Gasteiger partial charge in [-0.05, 0) is 38.7 Å². The molecular formula is C13H17ClO4S2. The highest BCUT2D eigenvalue weighted by Gasteiger charge is 2.23. The van der Waals surface area contributed by atoms with Gasteiger partial charge in [0, 0.05) is 15.6 Å². The van der Waals surface area contributed by atoms with E-state index in [2.05, 4.69) is 0 Å². The Balaban J connectivity index is 2.09. The number of hydrogen-bond acceptors (Lipinski definition) is 5. The summed E-state index contributed by atoms with van der Waals surface area (Å²) in [6.07, 6.45) is 6.23. The molecule has 0 aromatic carbocycles. The van der Waals surface area contributed by atoms with E-state index in [0.717, 1.165) is 37.0 Å². The minimum absolute atomic E-state index is 0.00279. The lowest BCUT2D eigenvalue weighted by Gasteiger charge is -2.14. The number of esters is 1. The van der Waals surface area contributed by atoms with Crippen LogP contribution in [0.15, 0.2) is 11.0 Å². The largest absolute Gasteiger partial charge is 0.458 e. The van der Waals surface area contributed by atoms with Gasteiger partial charge >= 0.3 is 5.97 Å². The lowest BCUT2D eigenvalue weighted by molar-refractivity contribution is 0.0273. The summed E-state index contributed by atoms with van der Waals surface area (Å²) in [7, 11) is 1.51. The lowest BCUT2D eigenvalue weighted by Crippen LogP contribution is -2.16. The Labute approximate surface area is 127 Å². The van der Waals surface area contributed by atoms with Gasteiger partial charge in [-0.3, -0.25) is 0 Å². The van der Waals surface area contributed by atoms with E-state index >= 15 is 0 Å². The SMILES string of the molecule is Cc1sc(C(=O)OC2CCCCCC2)cc1S(=O)(=O)Cl. The van der Waals surface area contributed by atoms with E-state index in [1.165, 1.54) is 18.9 Å². The zero-order chi connectivity index (χ0) is 14.8. The molecule has 1 aliphatic carbocycles. The Kier molecular flexibility index (Phi) is 5.09. The van der Waals surface area contributed by atoms with Crippen LogP contribution in [0, 0.1) is 6.92 Å². The number of thiophene rings is 1. The van der Waals surface area contributed by atoms with Gasteiger partial charge in [-0.15, -0.1) is 11.3 Å². The quantitative estimate of drug-likeness (QED) is 0.477. The summed E-state index contributed by atoms with van der Waals surface area (Å²) in [5, 5.41) is 0. The highest BCUT2D eigenvalue weighted by molar-refractivity contribution is 8.13. The first-order valence-corrected chi connectivity index (χ1v) is 9.76. The molecule has 0 aliphatic heterocycles. The first kappa shape index (κ1) is 15.8. The molecular weight excluding hydrogens is 320 g/mol. The zero-order valence-corrected chi connectivity index (χ0v) is 13.6. The molecule has 1 aromatic rings. The van der Waals surface area contributed by atoms with Gasteiger partial charge in [-0.1, -0.05) is 12.8 Å². The maximum atomic E-state index is 12.1. The number of aryl methyl sites for hydroxylation is 1. The van der Waals surface area contributed by atoms with Crippen LogP contribution in [0.3, 0.4) is 0 Å². The maximum Gasteiger partial charge on any atom is 0.348 e. The van der Waals surface area contributed by atoms with Crippen LogP contribution in [-0.2, 0) is 13.8 Å². The smallest absolute Gasteiger partial charge is 0.348 e. The van der Waals surface area contributed by atoms with Crippen molar-refractivity contribution in [3.8, 4) is 0 Å². The Morgan fingerprint density at radius 3 is 2.40 bits per heavy atom. The van der Waals surface area contributed by atoms with Gasteiger partial charge in [0.15, 0.2) is 0 Å². The van der Waals surface area contributed by atoms with Crippen molar-refractivity contribution in [1.29, 1.82) is 0 Å². The standard InChI is InChI=1S/C13H17ClO4S2/c1-9-12(20(14,16)17)8-11(19-9)13(15)18-10-6-4-2-3-5-7-10/h8,10H,2-7H2,1H3. The maximum absolute atomic E-state index is 12.1. The lowest BCUT2D eigenvalue weighted by atomic mass is 10.1. The third-order valence-corrected chi connectivity index (χ3v) is 6.02. The molecule has 4 nitrogen and oxygen atoms in total. The molecule has 0 atom stereocenters. The number of halogens is 1. The van der Waals surface area contributed by atoms with Gasteiger partial charge in [0.2, 0.25) is 0 Å². The molecule has 0 spiro atoms. The van der Waals surface area contributed by atoms with Crippen LogP contribution >= 0.6 is 22.0 Å². The van der Waals surface area contributed by atoms with E-state index in [9.17, 15) is 13.2 Å². The molecule has 2 rings (SSSR count). The van der Waals surface area contributed by atoms with Gasteiger partial charge in [0.05, 0.1) is 4.90 Å². The number of ether oxygens (including phenoxy) is 1. The van der Waals surface area contributed by atoms with Crippen LogP contribution in [0.4, 0.5) is 0 Å². The number of rotatable bonds is 3. The van der Waals surface area contributed by atoms with Gasteiger partial charge in [-0.2, -0.15) is 0 Å². The predicted molar refractivity (Wildman–Crippen MR) is 79.0 cm³/mol. The van der Waals surface area contributed by atoms with Crippen molar-refractivity contribution in [2.24, 2.45) is 0 Å². The van der Waals surface area contributed by atoms with Gasteiger partial charge in [-0.25, -0.2) is 13.2 Å². The Bertz CT molecular complexity index is 584. The second kappa shape index (κ2) is 6.45. The van der Waals surface area contributed by atoms with Crippen molar-refractivity contribution in [3.05, 3.63) is 15.8 Å². The zero-order valence-electron chi connectivity index (χ0n) is 11.2. The number of hydrogen-bond donors (Lipinski definition) is 0. The summed E-state index contributed by atoms with van der Waals surface area (Å²) in [5.41, 5.74) is 0. The van der Waals surface area contributed by atoms with Crippen molar-refractivity contribution >= 4 is 37.0 Å². The Hall–Kier alpha value is -0.590. The van der Waals surface area contributed by atoms with E-state index in [1.54, 1.807) is 6.92 Å². The molecule has 1 fully saturated rings. The van der Waals surface area contributed by atoms with E-state index in [4.69, 9.17) is 15.4 Å². The molecule has 1 heterocycles. The van der Waals surface area contributed by atoms with E-state index in [0.29, 0.717) is 9.75 Å². The molecule has 0 bridgehead atoms.